The smallest absolute Gasteiger partial charge is 0.306 e. The first-order valence-corrected chi connectivity index (χ1v) is 4.15. The van der Waals surface area contributed by atoms with Crippen LogP contribution in [0.3, 0.4) is 0 Å². The minimum absolute atomic E-state index is 0.335. The third-order valence-electron chi connectivity index (χ3n) is 2.06. The van der Waals surface area contributed by atoms with Crippen LogP contribution in [0.25, 0.3) is 16.6 Å². The molecule has 2 rings (SSSR count). The molecule has 1 aromatic carbocycles. The van der Waals surface area contributed by atoms with E-state index in [9.17, 15) is 9.18 Å². The zero-order valence-corrected chi connectivity index (χ0v) is 7.65. The quantitative estimate of drug-likeness (QED) is 0.713. The lowest BCUT2D eigenvalue weighted by Gasteiger charge is -2.01. The van der Waals surface area contributed by atoms with E-state index in [1.807, 2.05) is 0 Å². The van der Waals surface area contributed by atoms with Crippen molar-refractivity contribution in [3.8, 4) is 0 Å². The summed E-state index contributed by atoms with van der Waals surface area (Å²) in [6.45, 7) is 5.37. The minimum Gasteiger partial charge on any atom is -0.306 e. The maximum atomic E-state index is 13.4. The molecule has 0 spiro atoms. The Kier molecular flexibility index (Phi) is 1.77. The second kappa shape index (κ2) is 2.83. The number of nitrogens with one attached hydrogen (secondary N) is 2. The molecule has 0 atom stereocenters. The van der Waals surface area contributed by atoms with Crippen LogP contribution in [0.1, 0.15) is 12.5 Å². The van der Waals surface area contributed by atoms with Crippen molar-refractivity contribution in [2.75, 3.05) is 0 Å². The van der Waals surface area contributed by atoms with Gasteiger partial charge in [-0.15, -0.1) is 0 Å². The lowest BCUT2D eigenvalue weighted by atomic mass is 10.1. The highest BCUT2D eigenvalue weighted by Crippen LogP contribution is 2.20. The fourth-order valence-corrected chi connectivity index (χ4v) is 1.38. The van der Waals surface area contributed by atoms with Crippen LogP contribution in [0, 0.1) is 5.82 Å². The van der Waals surface area contributed by atoms with E-state index in [-0.39, 0.29) is 11.5 Å². The van der Waals surface area contributed by atoms with Crippen molar-refractivity contribution in [1.29, 1.82) is 0 Å². The third-order valence-corrected chi connectivity index (χ3v) is 2.06. The second-order valence-electron chi connectivity index (χ2n) is 3.24. The van der Waals surface area contributed by atoms with E-state index in [2.05, 4.69) is 16.5 Å². The van der Waals surface area contributed by atoms with Gasteiger partial charge in [-0.2, -0.15) is 0 Å². The number of halogens is 1. The highest BCUT2D eigenvalue weighted by Gasteiger charge is 2.06. The largest absolute Gasteiger partial charge is 0.323 e. The van der Waals surface area contributed by atoms with Gasteiger partial charge in [0.15, 0.2) is 0 Å². The molecule has 0 bridgehead atoms. The molecule has 2 aromatic rings. The summed E-state index contributed by atoms with van der Waals surface area (Å²) in [6.07, 6.45) is 0. The van der Waals surface area contributed by atoms with Crippen molar-refractivity contribution >= 4 is 16.6 Å². The molecule has 1 aromatic heterocycles. The number of benzene rings is 1. The van der Waals surface area contributed by atoms with Crippen LogP contribution >= 0.6 is 0 Å². The number of fused-ring (bicyclic) bond motifs is 1. The van der Waals surface area contributed by atoms with Gasteiger partial charge in [0.2, 0.25) is 0 Å². The van der Waals surface area contributed by atoms with Crippen LogP contribution in [0.5, 0.6) is 0 Å². The molecule has 4 heteroatoms. The average Bonchev–Trinajstić information content (AvgIpc) is 2.42. The van der Waals surface area contributed by atoms with Crippen LogP contribution in [0.4, 0.5) is 4.39 Å². The van der Waals surface area contributed by atoms with Gasteiger partial charge in [-0.3, -0.25) is 0 Å². The van der Waals surface area contributed by atoms with E-state index >= 15 is 0 Å². The molecule has 0 saturated carbocycles. The molecular weight excluding hydrogens is 183 g/mol. The zero-order chi connectivity index (χ0) is 10.3. The van der Waals surface area contributed by atoms with Crippen molar-refractivity contribution < 1.29 is 4.39 Å². The van der Waals surface area contributed by atoms with E-state index in [4.69, 9.17) is 0 Å². The first-order chi connectivity index (χ1) is 6.58. The van der Waals surface area contributed by atoms with Gasteiger partial charge in [-0.05, 0) is 18.6 Å². The number of aromatic nitrogens is 2. The molecule has 72 valence electrons. The Labute approximate surface area is 79.3 Å². The Bertz CT molecular complexity index is 565. The topological polar surface area (TPSA) is 48.6 Å². The van der Waals surface area contributed by atoms with E-state index < -0.39 is 0 Å². The molecule has 3 nitrogen and oxygen atoms in total. The van der Waals surface area contributed by atoms with Crippen LogP contribution in [0.2, 0.25) is 0 Å². The summed E-state index contributed by atoms with van der Waals surface area (Å²) in [5, 5.41) is 0. The first-order valence-electron chi connectivity index (χ1n) is 4.15. The maximum absolute atomic E-state index is 13.4. The monoisotopic (exact) mass is 192 g/mol. The zero-order valence-electron chi connectivity index (χ0n) is 7.65. The van der Waals surface area contributed by atoms with E-state index in [1.165, 1.54) is 6.07 Å². The Balaban J connectivity index is 2.82. The fraction of sp³-hybridized carbons (Fsp3) is 0.100. The first kappa shape index (κ1) is 8.74. The van der Waals surface area contributed by atoms with Gasteiger partial charge < -0.3 is 9.97 Å². The Morgan fingerprint density at radius 2 is 1.93 bits per heavy atom. The molecule has 0 aliphatic carbocycles. The lowest BCUT2D eigenvalue weighted by molar-refractivity contribution is 0.625. The number of H-pyrrole nitrogens is 2. The van der Waals surface area contributed by atoms with Gasteiger partial charge in [0.05, 0.1) is 11.0 Å². The van der Waals surface area contributed by atoms with Crippen LogP contribution in [-0.4, -0.2) is 9.97 Å². The summed E-state index contributed by atoms with van der Waals surface area (Å²) in [7, 11) is 0. The standard InChI is InChI=1S/C10H9FN2O/c1-5(2)6-3-8-9(4-7(6)11)13-10(14)12-8/h3-4H,1H2,2H3,(H2,12,13,14). The molecule has 1 heterocycles. The predicted molar refractivity (Wildman–Crippen MR) is 53.6 cm³/mol. The highest BCUT2D eigenvalue weighted by atomic mass is 19.1. The van der Waals surface area contributed by atoms with Gasteiger partial charge in [-0.1, -0.05) is 6.58 Å². The molecule has 0 unspecified atom stereocenters. The van der Waals surface area contributed by atoms with Crippen LogP contribution in [-0.2, 0) is 0 Å². The number of imidazole rings is 1. The number of allylic oxidation sites excluding steroid dienone is 1. The number of rotatable bonds is 1. The highest BCUT2D eigenvalue weighted by molar-refractivity contribution is 5.79. The summed E-state index contributed by atoms with van der Waals surface area (Å²) >= 11 is 0. The van der Waals surface area contributed by atoms with E-state index in [1.54, 1.807) is 13.0 Å². The average molecular weight is 192 g/mol. The molecule has 0 aliphatic heterocycles. The Morgan fingerprint density at radius 3 is 2.50 bits per heavy atom. The second-order valence-corrected chi connectivity index (χ2v) is 3.24. The van der Waals surface area contributed by atoms with Gasteiger partial charge in [0.1, 0.15) is 5.82 Å². The van der Waals surface area contributed by atoms with Crippen molar-refractivity contribution in [1.82, 2.24) is 9.97 Å². The molecule has 2 N–H and O–H groups in total. The van der Waals surface area contributed by atoms with Gasteiger partial charge in [0, 0.05) is 11.6 Å². The maximum Gasteiger partial charge on any atom is 0.323 e. The summed E-state index contributed by atoms with van der Waals surface area (Å²) in [6, 6.07) is 2.86. The van der Waals surface area contributed by atoms with Gasteiger partial charge in [-0.25, -0.2) is 9.18 Å². The molecule has 0 amide bonds. The molecular formula is C10H9FN2O. The summed E-state index contributed by atoms with van der Waals surface area (Å²) in [5.41, 5.74) is 1.78. The molecule has 14 heavy (non-hydrogen) atoms. The summed E-state index contributed by atoms with van der Waals surface area (Å²) in [5.74, 6) is -0.375. The van der Waals surface area contributed by atoms with E-state index in [0.717, 1.165) is 0 Å². The fourth-order valence-electron chi connectivity index (χ4n) is 1.38. The van der Waals surface area contributed by atoms with Gasteiger partial charge in [0.25, 0.3) is 0 Å². The normalized spacial score (nSPS) is 10.7. The predicted octanol–water partition coefficient (Wildman–Crippen LogP) is 2.03. The van der Waals surface area contributed by atoms with Crippen molar-refractivity contribution in [3.63, 3.8) is 0 Å². The third kappa shape index (κ3) is 1.25. The van der Waals surface area contributed by atoms with Crippen LogP contribution < -0.4 is 5.69 Å². The minimum atomic E-state index is -0.375. The molecule has 0 saturated heterocycles. The van der Waals surface area contributed by atoms with E-state index in [0.29, 0.717) is 22.2 Å². The Morgan fingerprint density at radius 1 is 1.36 bits per heavy atom. The van der Waals surface area contributed by atoms with Crippen molar-refractivity contribution in [2.45, 2.75) is 6.92 Å². The summed E-state index contributed by atoms with van der Waals surface area (Å²) < 4.78 is 13.4. The number of hydrogen-bond donors (Lipinski definition) is 2. The van der Waals surface area contributed by atoms with Crippen molar-refractivity contribution in [3.05, 3.63) is 40.6 Å². The molecule has 0 fully saturated rings. The lowest BCUT2D eigenvalue weighted by Crippen LogP contribution is -1.99. The van der Waals surface area contributed by atoms with Gasteiger partial charge >= 0.3 is 5.69 Å². The molecule has 0 radical (unpaired) electrons. The van der Waals surface area contributed by atoms with Crippen LogP contribution in [0.15, 0.2) is 23.5 Å². The van der Waals surface area contributed by atoms with Crippen molar-refractivity contribution in [2.24, 2.45) is 0 Å². The molecule has 0 aliphatic rings. The number of hydrogen-bond acceptors (Lipinski definition) is 1. The SMILES string of the molecule is C=C(C)c1cc2[nH]c(=O)[nH]c2cc1F. The summed E-state index contributed by atoms with van der Waals surface area (Å²) in [4.78, 5) is 16.0. The Hall–Kier alpha value is -1.84. The number of aromatic amines is 2.